The number of nitrogens with one attached hydrogen (secondary N) is 1. The molecule has 0 bridgehead atoms. The van der Waals surface area contributed by atoms with E-state index in [4.69, 9.17) is 16.3 Å². The minimum Gasteiger partial charge on any atom is -0.481 e. The number of carboxylic acid groups (broad SMARTS) is 1. The number of hydrogen-bond donors (Lipinski definition) is 2. The van der Waals surface area contributed by atoms with E-state index in [1.165, 1.54) is 16.9 Å². The number of methoxy groups -OCH3 is 1. The Kier molecular flexibility index (Phi) is 5.06. The van der Waals surface area contributed by atoms with E-state index >= 15 is 0 Å². The predicted molar refractivity (Wildman–Crippen MR) is 94.7 cm³/mol. The minimum absolute atomic E-state index is 0.0475. The number of aliphatic carboxylic acids is 1. The molecule has 1 atom stereocenters. The Morgan fingerprint density at radius 2 is 2.15 bits per heavy atom. The van der Waals surface area contributed by atoms with Crippen LogP contribution in [-0.2, 0) is 9.53 Å². The van der Waals surface area contributed by atoms with Crippen molar-refractivity contribution < 1.29 is 24.2 Å². The number of nitrogens with zero attached hydrogens (tertiary/aromatic N) is 2. The van der Waals surface area contributed by atoms with Gasteiger partial charge in [0.2, 0.25) is 0 Å². The SMILES string of the molecule is COCC1(C(=O)O)CCN(C(=O)c2ccc(Cl)c(N3CCNC3=O)c2)C1. The molecule has 2 aliphatic heterocycles. The second-order valence-corrected chi connectivity index (χ2v) is 6.95. The number of carbonyl (C=O) groups excluding carboxylic acids is 2. The monoisotopic (exact) mass is 381 g/mol. The van der Waals surface area contributed by atoms with Gasteiger partial charge in [-0.15, -0.1) is 0 Å². The molecule has 0 saturated carbocycles. The molecule has 2 saturated heterocycles. The Labute approximate surface area is 155 Å². The van der Waals surface area contributed by atoms with E-state index in [-0.39, 0.29) is 25.1 Å². The van der Waals surface area contributed by atoms with Crippen LogP contribution in [0.5, 0.6) is 0 Å². The summed E-state index contributed by atoms with van der Waals surface area (Å²) in [6, 6.07) is 4.47. The number of carbonyl (C=O) groups is 3. The van der Waals surface area contributed by atoms with Crippen LogP contribution in [0.3, 0.4) is 0 Å². The van der Waals surface area contributed by atoms with Crippen LogP contribution < -0.4 is 10.2 Å². The summed E-state index contributed by atoms with van der Waals surface area (Å²) in [5, 5.41) is 12.6. The third-order valence-electron chi connectivity index (χ3n) is 4.86. The minimum atomic E-state index is -1.09. The summed E-state index contributed by atoms with van der Waals surface area (Å²) >= 11 is 6.19. The van der Waals surface area contributed by atoms with E-state index < -0.39 is 11.4 Å². The summed E-state index contributed by atoms with van der Waals surface area (Å²) in [6.45, 7) is 1.44. The number of halogens is 1. The molecule has 1 aromatic carbocycles. The maximum absolute atomic E-state index is 12.9. The van der Waals surface area contributed by atoms with Crippen molar-refractivity contribution in [3.63, 3.8) is 0 Å². The van der Waals surface area contributed by atoms with Crippen LogP contribution in [0.25, 0.3) is 0 Å². The van der Waals surface area contributed by atoms with E-state index in [0.29, 0.717) is 42.3 Å². The van der Waals surface area contributed by atoms with Crippen molar-refractivity contribution in [1.82, 2.24) is 10.2 Å². The normalized spacial score (nSPS) is 22.6. The number of likely N-dealkylation sites (tertiary alicyclic amines) is 1. The van der Waals surface area contributed by atoms with Gasteiger partial charge in [0.15, 0.2) is 0 Å². The van der Waals surface area contributed by atoms with Gasteiger partial charge >= 0.3 is 12.0 Å². The zero-order valence-corrected chi connectivity index (χ0v) is 15.1. The van der Waals surface area contributed by atoms with Gasteiger partial charge in [-0.25, -0.2) is 4.79 Å². The van der Waals surface area contributed by atoms with Gasteiger partial charge in [-0.05, 0) is 24.6 Å². The van der Waals surface area contributed by atoms with Crippen molar-refractivity contribution >= 4 is 35.2 Å². The number of anilines is 1. The van der Waals surface area contributed by atoms with Gasteiger partial charge in [-0.2, -0.15) is 0 Å². The average molecular weight is 382 g/mol. The van der Waals surface area contributed by atoms with Gasteiger partial charge in [0, 0.05) is 38.9 Å². The highest BCUT2D eigenvalue weighted by molar-refractivity contribution is 6.34. The standard InChI is InChI=1S/C17H20ClN3O5/c1-26-10-17(15(23)24)4-6-20(9-17)14(22)11-2-3-12(18)13(8-11)21-7-5-19-16(21)25/h2-3,8H,4-7,9-10H2,1H3,(H,19,25)(H,23,24). The van der Waals surface area contributed by atoms with Gasteiger partial charge in [-0.1, -0.05) is 11.6 Å². The number of ether oxygens (including phenoxy) is 1. The quantitative estimate of drug-likeness (QED) is 0.803. The molecule has 2 fully saturated rings. The summed E-state index contributed by atoms with van der Waals surface area (Å²) in [5.74, 6) is -1.26. The zero-order chi connectivity index (χ0) is 18.9. The lowest BCUT2D eigenvalue weighted by Gasteiger charge is -2.24. The van der Waals surface area contributed by atoms with Crippen LogP contribution in [0.2, 0.25) is 5.02 Å². The van der Waals surface area contributed by atoms with Crippen LogP contribution in [0, 0.1) is 5.41 Å². The van der Waals surface area contributed by atoms with Gasteiger partial charge in [0.25, 0.3) is 5.91 Å². The Morgan fingerprint density at radius 1 is 1.38 bits per heavy atom. The molecule has 2 N–H and O–H groups in total. The summed E-state index contributed by atoms with van der Waals surface area (Å²) < 4.78 is 5.05. The van der Waals surface area contributed by atoms with Crippen molar-refractivity contribution in [2.75, 3.05) is 44.8 Å². The molecule has 3 rings (SSSR count). The summed E-state index contributed by atoms with van der Waals surface area (Å²) in [5.41, 5.74) is -0.259. The van der Waals surface area contributed by atoms with Crippen molar-refractivity contribution in [3.05, 3.63) is 28.8 Å². The maximum Gasteiger partial charge on any atom is 0.322 e. The predicted octanol–water partition coefficient (Wildman–Crippen LogP) is 1.43. The Bertz CT molecular complexity index is 756. The van der Waals surface area contributed by atoms with E-state index in [1.807, 2.05) is 0 Å². The van der Waals surface area contributed by atoms with Gasteiger partial charge in [0.05, 0.1) is 17.3 Å². The van der Waals surface area contributed by atoms with Gasteiger partial charge in [-0.3, -0.25) is 14.5 Å². The number of hydrogen-bond acceptors (Lipinski definition) is 4. The molecule has 26 heavy (non-hydrogen) atoms. The third-order valence-corrected chi connectivity index (χ3v) is 5.18. The first-order valence-electron chi connectivity index (χ1n) is 8.24. The molecule has 1 unspecified atom stereocenters. The molecule has 0 radical (unpaired) electrons. The molecular formula is C17H20ClN3O5. The van der Waals surface area contributed by atoms with Crippen LogP contribution in [0.1, 0.15) is 16.8 Å². The Balaban J connectivity index is 1.83. The third kappa shape index (κ3) is 3.22. The number of rotatable bonds is 5. The molecule has 3 amide bonds. The fraction of sp³-hybridized carbons (Fsp3) is 0.471. The second kappa shape index (κ2) is 7.13. The smallest absolute Gasteiger partial charge is 0.322 e. The highest BCUT2D eigenvalue weighted by Crippen LogP contribution is 2.33. The summed E-state index contributed by atoms with van der Waals surface area (Å²) in [7, 11) is 1.45. The highest BCUT2D eigenvalue weighted by atomic mass is 35.5. The molecule has 0 aliphatic carbocycles. The first-order valence-corrected chi connectivity index (χ1v) is 8.62. The molecule has 0 aromatic heterocycles. The van der Waals surface area contributed by atoms with Crippen molar-refractivity contribution in [3.8, 4) is 0 Å². The first kappa shape index (κ1) is 18.5. The lowest BCUT2D eigenvalue weighted by Crippen LogP contribution is -2.40. The van der Waals surface area contributed by atoms with Gasteiger partial charge in [0.1, 0.15) is 5.41 Å². The van der Waals surface area contributed by atoms with Crippen molar-refractivity contribution in [1.29, 1.82) is 0 Å². The number of amides is 3. The van der Waals surface area contributed by atoms with Crippen molar-refractivity contribution in [2.45, 2.75) is 6.42 Å². The molecular weight excluding hydrogens is 362 g/mol. The average Bonchev–Trinajstić information content (AvgIpc) is 3.22. The fourth-order valence-corrected chi connectivity index (χ4v) is 3.63. The van der Waals surface area contributed by atoms with Crippen LogP contribution >= 0.6 is 11.6 Å². The van der Waals surface area contributed by atoms with E-state index in [9.17, 15) is 19.5 Å². The lowest BCUT2D eigenvalue weighted by molar-refractivity contribution is -0.151. The maximum atomic E-state index is 12.9. The molecule has 0 spiro atoms. The van der Waals surface area contributed by atoms with Crippen LogP contribution in [-0.4, -0.2) is 67.8 Å². The fourth-order valence-electron chi connectivity index (χ4n) is 3.41. The van der Waals surface area contributed by atoms with Crippen LogP contribution in [0.15, 0.2) is 18.2 Å². The second-order valence-electron chi connectivity index (χ2n) is 6.54. The highest BCUT2D eigenvalue weighted by Gasteiger charge is 2.46. The summed E-state index contributed by atoms with van der Waals surface area (Å²) in [4.78, 5) is 39.4. The largest absolute Gasteiger partial charge is 0.481 e. The van der Waals surface area contributed by atoms with Crippen molar-refractivity contribution in [2.24, 2.45) is 5.41 Å². The molecule has 1 aromatic rings. The van der Waals surface area contributed by atoms with E-state index in [0.717, 1.165) is 0 Å². The van der Waals surface area contributed by atoms with Crippen LogP contribution in [0.4, 0.5) is 10.5 Å². The molecule has 8 nitrogen and oxygen atoms in total. The Hall–Kier alpha value is -2.32. The molecule has 2 aliphatic rings. The number of carboxylic acids is 1. The molecule has 140 valence electrons. The van der Waals surface area contributed by atoms with E-state index in [1.54, 1.807) is 18.2 Å². The zero-order valence-electron chi connectivity index (χ0n) is 14.3. The molecule has 2 heterocycles. The molecule has 9 heteroatoms. The number of urea groups is 1. The Morgan fingerprint density at radius 3 is 2.77 bits per heavy atom. The number of benzene rings is 1. The first-order chi connectivity index (χ1) is 12.4. The topological polar surface area (TPSA) is 99.2 Å². The van der Waals surface area contributed by atoms with E-state index in [2.05, 4.69) is 5.32 Å². The van der Waals surface area contributed by atoms with Gasteiger partial charge < -0.3 is 20.1 Å². The lowest BCUT2D eigenvalue weighted by atomic mass is 9.88. The summed E-state index contributed by atoms with van der Waals surface area (Å²) in [6.07, 6.45) is 0.330.